The molecule has 4 rings (SSSR count). The van der Waals surface area contributed by atoms with Crippen molar-refractivity contribution in [1.29, 1.82) is 0 Å². The monoisotopic (exact) mass is 446 g/mol. The lowest BCUT2D eigenvalue weighted by molar-refractivity contribution is -0.167. The summed E-state index contributed by atoms with van der Waals surface area (Å²) in [5, 5.41) is 0. The average Bonchev–Trinajstić information content (AvgIpc) is 3.32. The maximum Gasteiger partial charge on any atom is 0.242 e. The molecule has 2 aliphatic rings. The first-order valence-corrected chi connectivity index (χ1v) is 10.6. The normalized spacial score (nSPS) is 21.4. The Labute approximate surface area is 185 Å². The summed E-state index contributed by atoms with van der Waals surface area (Å²) in [7, 11) is 0. The lowest BCUT2D eigenvalue weighted by Crippen LogP contribution is -2.59. The van der Waals surface area contributed by atoms with E-state index in [0.717, 1.165) is 0 Å². The van der Waals surface area contributed by atoms with Gasteiger partial charge in [-0.05, 0) is 24.3 Å². The topological polar surface area (TPSA) is 86.1 Å². The molecule has 0 N–H and O–H groups in total. The fraction of sp³-hybridized carbons (Fsp3) is 0.500. The van der Waals surface area contributed by atoms with E-state index in [1.807, 2.05) is 0 Å². The summed E-state index contributed by atoms with van der Waals surface area (Å²) in [5.41, 5.74) is -1.01. The van der Waals surface area contributed by atoms with Gasteiger partial charge in [-0.3, -0.25) is 9.59 Å². The molecule has 9 nitrogen and oxygen atoms in total. The number of nitrogens with zero attached hydrogens (tertiary/aromatic N) is 4. The zero-order chi connectivity index (χ0) is 22.4. The third-order valence-electron chi connectivity index (χ3n) is 5.63. The zero-order valence-electron chi connectivity index (χ0n) is 17.8. The maximum absolute atomic E-state index is 13.2. The number of benzene rings is 1. The van der Waals surface area contributed by atoms with Crippen molar-refractivity contribution >= 4 is 11.8 Å². The molecule has 0 unspecified atom stereocenters. The highest BCUT2D eigenvalue weighted by Gasteiger charge is 2.42. The Kier molecular flexibility index (Phi) is 7.01. The van der Waals surface area contributed by atoms with Crippen LogP contribution in [0.4, 0.5) is 4.39 Å². The van der Waals surface area contributed by atoms with Gasteiger partial charge in [0.25, 0.3) is 0 Å². The minimum absolute atomic E-state index is 0.0591. The van der Waals surface area contributed by atoms with E-state index in [0.29, 0.717) is 45.2 Å². The number of carbonyl (C=O) groups is 2. The van der Waals surface area contributed by atoms with Crippen LogP contribution in [0.2, 0.25) is 0 Å². The largest absolute Gasteiger partial charge is 0.490 e. The minimum atomic E-state index is -1.01. The number of rotatable bonds is 7. The van der Waals surface area contributed by atoms with E-state index in [1.165, 1.54) is 24.3 Å². The quantitative estimate of drug-likeness (QED) is 0.630. The number of carbonyl (C=O) groups excluding carboxylic acids is 2. The van der Waals surface area contributed by atoms with E-state index in [1.54, 1.807) is 33.1 Å². The highest BCUT2D eigenvalue weighted by atomic mass is 19.1. The smallest absolute Gasteiger partial charge is 0.242 e. The van der Waals surface area contributed by atoms with Gasteiger partial charge in [0.05, 0.1) is 39.1 Å². The van der Waals surface area contributed by atoms with Crippen LogP contribution in [0.1, 0.15) is 6.42 Å². The van der Waals surface area contributed by atoms with Gasteiger partial charge >= 0.3 is 0 Å². The Morgan fingerprint density at radius 3 is 2.53 bits per heavy atom. The molecule has 1 aromatic heterocycles. The van der Waals surface area contributed by atoms with Gasteiger partial charge in [-0.1, -0.05) is 0 Å². The predicted molar refractivity (Wildman–Crippen MR) is 111 cm³/mol. The number of hydrogen-bond donors (Lipinski definition) is 0. The minimum Gasteiger partial charge on any atom is -0.490 e. The van der Waals surface area contributed by atoms with Gasteiger partial charge in [-0.2, -0.15) is 0 Å². The second kappa shape index (κ2) is 10.1. The van der Waals surface area contributed by atoms with E-state index in [2.05, 4.69) is 4.98 Å². The fourth-order valence-electron chi connectivity index (χ4n) is 3.89. The zero-order valence-corrected chi connectivity index (χ0v) is 17.8. The summed E-state index contributed by atoms with van der Waals surface area (Å²) in [6, 6.07) is 5.67. The van der Waals surface area contributed by atoms with Gasteiger partial charge in [0, 0.05) is 32.0 Å². The molecule has 3 heterocycles. The number of imidazole rings is 1. The van der Waals surface area contributed by atoms with Crippen molar-refractivity contribution < 1.29 is 28.2 Å². The Bertz CT molecular complexity index is 902. The number of hydrogen-bond acceptors (Lipinski definition) is 6. The Hall–Kier alpha value is -2.98. The number of halogens is 1. The molecule has 0 radical (unpaired) electrons. The van der Waals surface area contributed by atoms with E-state index in [4.69, 9.17) is 14.2 Å². The molecule has 32 heavy (non-hydrogen) atoms. The van der Waals surface area contributed by atoms with Crippen molar-refractivity contribution in [3.05, 3.63) is 48.8 Å². The first-order chi connectivity index (χ1) is 15.5. The molecule has 2 fully saturated rings. The molecule has 2 aliphatic heterocycles. The van der Waals surface area contributed by atoms with Crippen molar-refractivity contribution in [3.63, 3.8) is 0 Å². The number of ether oxygens (including phenoxy) is 3. The molecular weight excluding hydrogens is 419 g/mol. The molecule has 1 atom stereocenters. The second-order valence-corrected chi connectivity index (χ2v) is 7.99. The van der Waals surface area contributed by atoms with Crippen LogP contribution in [0, 0.1) is 5.82 Å². The molecule has 10 heteroatoms. The average molecular weight is 446 g/mol. The number of morpholine rings is 2. The molecule has 2 aromatic rings. The van der Waals surface area contributed by atoms with Crippen LogP contribution in [-0.2, 0) is 25.6 Å². The van der Waals surface area contributed by atoms with Gasteiger partial charge in [0.2, 0.25) is 11.8 Å². The van der Waals surface area contributed by atoms with E-state index >= 15 is 0 Å². The molecule has 0 aliphatic carbocycles. The van der Waals surface area contributed by atoms with Crippen molar-refractivity contribution in [1.82, 2.24) is 19.4 Å². The van der Waals surface area contributed by atoms with Crippen LogP contribution in [-0.4, -0.2) is 89.4 Å². The first-order valence-electron chi connectivity index (χ1n) is 10.6. The first kappa shape index (κ1) is 22.2. The summed E-state index contributed by atoms with van der Waals surface area (Å²) in [6.45, 7) is 3.21. The summed E-state index contributed by atoms with van der Waals surface area (Å²) in [6.07, 6.45) is 5.01. The number of amides is 2. The maximum atomic E-state index is 13.2. The van der Waals surface area contributed by atoms with Gasteiger partial charge in [-0.25, -0.2) is 9.37 Å². The van der Waals surface area contributed by atoms with Gasteiger partial charge < -0.3 is 28.6 Å². The molecule has 0 bridgehead atoms. The SMILES string of the molecule is O=C(C[C@]1(COc2ccc(F)cc2)CN(C(=O)Cn2ccnc2)CCO1)N1CCOCC1. The van der Waals surface area contributed by atoms with Crippen molar-refractivity contribution in [3.8, 4) is 5.75 Å². The molecule has 1 aromatic carbocycles. The second-order valence-electron chi connectivity index (χ2n) is 7.99. The van der Waals surface area contributed by atoms with E-state index in [-0.39, 0.29) is 43.7 Å². The van der Waals surface area contributed by atoms with Crippen LogP contribution < -0.4 is 4.74 Å². The fourth-order valence-corrected chi connectivity index (χ4v) is 3.89. The van der Waals surface area contributed by atoms with Gasteiger partial charge in [0.1, 0.15) is 30.3 Å². The standard InChI is InChI=1S/C22H27FN4O5/c23-18-1-3-19(4-2-18)31-16-22(13-20(28)26-7-10-30-11-8-26)15-27(9-12-32-22)21(29)14-25-6-5-24-17-25/h1-6,17H,7-16H2/t22-/m1/s1. The molecule has 172 valence electrons. The van der Waals surface area contributed by atoms with Crippen LogP contribution in [0.25, 0.3) is 0 Å². The predicted octanol–water partition coefficient (Wildman–Crippen LogP) is 0.948. The lowest BCUT2D eigenvalue weighted by atomic mass is 9.96. The molecule has 2 amide bonds. The van der Waals surface area contributed by atoms with Crippen molar-refractivity contribution in [2.45, 2.75) is 18.6 Å². The molecular formula is C22H27FN4O5. The third kappa shape index (κ3) is 5.63. The van der Waals surface area contributed by atoms with Crippen LogP contribution >= 0.6 is 0 Å². The van der Waals surface area contributed by atoms with Crippen LogP contribution in [0.5, 0.6) is 5.75 Å². The van der Waals surface area contributed by atoms with Crippen LogP contribution in [0.3, 0.4) is 0 Å². The van der Waals surface area contributed by atoms with Crippen molar-refractivity contribution in [2.24, 2.45) is 0 Å². The van der Waals surface area contributed by atoms with Crippen molar-refractivity contribution in [2.75, 3.05) is 52.6 Å². The summed E-state index contributed by atoms with van der Waals surface area (Å²) in [5.74, 6) is -0.0500. The summed E-state index contributed by atoms with van der Waals surface area (Å²) >= 11 is 0. The molecule has 2 saturated heterocycles. The summed E-state index contributed by atoms with van der Waals surface area (Å²) < 4.78 is 32.3. The van der Waals surface area contributed by atoms with E-state index < -0.39 is 5.60 Å². The third-order valence-corrected chi connectivity index (χ3v) is 5.63. The molecule has 0 spiro atoms. The van der Waals surface area contributed by atoms with Crippen LogP contribution in [0.15, 0.2) is 43.0 Å². The highest BCUT2D eigenvalue weighted by Crippen LogP contribution is 2.26. The lowest BCUT2D eigenvalue weighted by Gasteiger charge is -2.43. The Balaban J connectivity index is 1.48. The highest BCUT2D eigenvalue weighted by molar-refractivity contribution is 5.78. The Morgan fingerprint density at radius 1 is 1.06 bits per heavy atom. The van der Waals surface area contributed by atoms with E-state index in [9.17, 15) is 14.0 Å². The molecule has 0 saturated carbocycles. The number of aromatic nitrogens is 2. The summed E-state index contributed by atoms with van der Waals surface area (Å²) in [4.78, 5) is 33.3. The Morgan fingerprint density at radius 2 is 1.81 bits per heavy atom. The van der Waals surface area contributed by atoms with Gasteiger partial charge in [-0.15, -0.1) is 0 Å². The van der Waals surface area contributed by atoms with Gasteiger partial charge in [0.15, 0.2) is 0 Å².